The summed E-state index contributed by atoms with van der Waals surface area (Å²) in [7, 11) is 0. The van der Waals surface area contributed by atoms with Crippen LogP contribution in [0.3, 0.4) is 0 Å². The van der Waals surface area contributed by atoms with Gasteiger partial charge >= 0.3 is 6.09 Å². The first-order valence-corrected chi connectivity index (χ1v) is 5.74. The zero-order chi connectivity index (χ0) is 13.8. The van der Waals surface area contributed by atoms with E-state index in [1.54, 1.807) is 18.2 Å². The highest BCUT2D eigenvalue weighted by molar-refractivity contribution is 6.00. The Morgan fingerprint density at radius 2 is 2.16 bits per heavy atom. The van der Waals surface area contributed by atoms with Gasteiger partial charge in [0.05, 0.1) is 6.42 Å². The number of carboxylic acid groups (broad SMARTS) is 1. The second-order valence-corrected chi connectivity index (χ2v) is 4.13. The van der Waals surface area contributed by atoms with Crippen molar-refractivity contribution in [2.24, 2.45) is 0 Å². The summed E-state index contributed by atoms with van der Waals surface area (Å²) in [6.45, 7) is 0.0617. The maximum Gasteiger partial charge on any atom is 0.404 e. The van der Waals surface area contributed by atoms with Crippen molar-refractivity contribution in [1.82, 2.24) is 5.32 Å². The van der Waals surface area contributed by atoms with Gasteiger partial charge in [-0.2, -0.15) is 0 Å². The van der Waals surface area contributed by atoms with Gasteiger partial charge in [-0.3, -0.25) is 9.59 Å². The number of benzene rings is 1. The monoisotopic (exact) mass is 263 g/mol. The predicted octanol–water partition coefficient (Wildman–Crippen LogP) is 0.777. The topological polar surface area (TPSA) is 108 Å². The lowest BCUT2D eigenvalue weighted by molar-refractivity contribution is -0.116. The van der Waals surface area contributed by atoms with Crippen LogP contribution < -0.4 is 16.0 Å². The number of rotatable bonds is 4. The van der Waals surface area contributed by atoms with Crippen molar-refractivity contribution >= 4 is 29.3 Å². The number of nitrogens with one attached hydrogen (secondary N) is 3. The van der Waals surface area contributed by atoms with Gasteiger partial charge in [-0.15, -0.1) is 0 Å². The average Bonchev–Trinajstić information content (AvgIpc) is 2.67. The van der Waals surface area contributed by atoms with E-state index < -0.39 is 6.09 Å². The van der Waals surface area contributed by atoms with E-state index in [4.69, 9.17) is 5.11 Å². The molecule has 3 amide bonds. The van der Waals surface area contributed by atoms with E-state index in [0.717, 1.165) is 11.3 Å². The molecule has 0 saturated heterocycles. The third-order valence-corrected chi connectivity index (χ3v) is 2.64. The molecule has 0 atom stereocenters. The van der Waals surface area contributed by atoms with Gasteiger partial charge < -0.3 is 21.1 Å². The van der Waals surface area contributed by atoms with Gasteiger partial charge in [0.1, 0.15) is 0 Å². The van der Waals surface area contributed by atoms with E-state index in [-0.39, 0.29) is 24.8 Å². The van der Waals surface area contributed by atoms with Crippen LogP contribution >= 0.6 is 0 Å². The summed E-state index contributed by atoms with van der Waals surface area (Å²) in [4.78, 5) is 32.9. The van der Waals surface area contributed by atoms with Gasteiger partial charge in [-0.05, 0) is 23.8 Å². The Bertz CT molecular complexity index is 542. The summed E-state index contributed by atoms with van der Waals surface area (Å²) in [5.41, 5.74) is 2.19. The minimum absolute atomic E-state index is 0.0561. The Morgan fingerprint density at radius 1 is 1.37 bits per heavy atom. The number of anilines is 2. The van der Waals surface area contributed by atoms with Crippen LogP contribution in [0.25, 0.3) is 0 Å². The molecule has 1 aliphatic rings. The number of carbonyl (C=O) groups is 3. The van der Waals surface area contributed by atoms with Crippen molar-refractivity contribution in [3.05, 3.63) is 23.8 Å². The zero-order valence-electron chi connectivity index (χ0n) is 10.0. The molecule has 0 aliphatic carbocycles. The van der Waals surface area contributed by atoms with Gasteiger partial charge in [0.15, 0.2) is 0 Å². The summed E-state index contributed by atoms with van der Waals surface area (Å²) in [6.07, 6.45) is -0.796. The SMILES string of the molecule is O=C(O)NCCC(=O)Nc1ccc2c(c1)CC(=O)N2. The molecular formula is C12H13N3O4. The van der Waals surface area contributed by atoms with Gasteiger partial charge in [0.25, 0.3) is 0 Å². The molecule has 0 unspecified atom stereocenters. The smallest absolute Gasteiger partial charge is 0.404 e. The van der Waals surface area contributed by atoms with Crippen molar-refractivity contribution < 1.29 is 19.5 Å². The fourth-order valence-corrected chi connectivity index (χ4v) is 1.81. The standard InChI is InChI=1S/C12H13N3O4/c16-10(3-4-13-12(18)19)14-8-1-2-9-7(5-8)6-11(17)15-9/h1-2,5,13H,3-4,6H2,(H,14,16)(H,15,17)(H,18,19). The van der Waals surface area contributed by atoms with E-state index in [1.165, 1.54) is 0 Å². The Labute approximate surface area is 109 Å². The second kappa shape index (κ2) is 5.38. The molecule has 0 bridgehead atoms. The van der Waals surface area contributed by atoms with Crippen LogP contribution in [0.15, 0.2) is 18.2 Å². The van der Waals surface area contributed by atoms with Gasteiger partial charge in [0.2, 0.25) is 11.8 Å². The molecule has 7 nitrogen and oxygen atoms in total. The first-order chi connectivity index (χ1) is 9.04. The van der Waals surface area contributed by atoms with Crippen molar-refractivity contribution in [3.8, 4) is 0 Å². The van der Waals surface area contributed by atoms with Crippen LogP contribution in [-0.4, -0.2) is 29.6 Å². The third-order valence-electron chi connectivity index (χ3n) is 2.64. The van der Waals surface area contributed by atoms with E-state index in [9.17, 15) is 14.4 Å². The van der Waals surface area contributed by atoms with Crippen LogP contribution in [0.4, 0.5) is 16.2 Å². The Hall–Kier alpha value is -2.57. The largest absolute Gasteiger partial charge is 0.465 e. The molecule has 0 aromatic heterocycles. The average molecular weight is 263 g/mol. The molecular weight excluding hydrogens is 250 g/mol. The molecule has 0 fully saturated rings. The van der Waals surface area contributed by atoms with Crippen molar-refractivity contribution in [2.45, 2.75) is 12.8 Å². The molecule has 1 aromatic rings. The molecule has 100 valence electrons. The molecule has 4 N–H and O–H groups in total. The lowest BCUT2D eigenvalue weighted by Gasteiger charge is -2.07. The normalized spacial score (nSPS) is 12.5. The van der Waals surface area contributed by atoms with Crippen molar-refractivity contribution in [3.63, 3.8) is 0 Å². The molecule has 1 heterocycles. The minimum atomic E-state index is -1.16. The van der Waals surface area contributed by atoms with Crippen LogP contribution in [0, 0.1) is 0 Å². The lowest BCUT2D eigenvalue weighted by Crippen LogP contribution is -2.25. The quantitative estimate of drug-likeness (QED) is 0.643. The summed E-state index contributed by atoms with van der Waals surface area (Å²) in [6, 6.07) is 5.15. The van der Waals surface area contributed by atoms with Crippen molar-refractivity contribution in [2.75, 3.05) is 17.2 Å². The summed E-state index contributed by atoms with van der Waals surface area (Å²) in [5.74, 6) is -0.352. The number of hydrogen-bond acceptors (Lipinski definition) is 3. The van der Waals surface area contributed by atoms with Crippen LogP contribution in [0.1, 0.15) is 12.0 Å². The van der Waals surface area contributed by atoms with Gasteiger partial charge in [0, 0.05) is 24.3 Å². The Morgan fingerprint density at radius 3 is 2.89 bits per heavy atom. The van der Waals surface area contributed by atoms with Crippen molar-refractivity contribution in [1.29, 1.82) is 0 Å². The highest BCUT2D eigenvalue weighted by Gasteiger charge is 2.17. The van der Waals surface area contributed by atoms with E-state index in [1.807, 2.05) is 0 Å². The highest BCUT2D eigenvalue weighted by Crippen LogP contribution is 2.25. The molecule has 0 saturated carbocycles. The fourth-order valence-electron chi connectivity index (χ4n) is 1.81. The number of fused-ring (bicyclic) bond motifs is 1. The Balaban J connectivity index is 1.89. The molecule has 19 heavy (non-hydrogen) atoms. The van der Waals surface area contributed by atoms with E-state index >= 15 is 0 Å². The fraction of sp³-hybridized carbons (Fsp3) is 0.250. The minimum Gasteiger partial charge on any atom is -0.465 e. The molecule has 0 spiro atoms. The molecule has 0 radical (unpaired) electrons. The van der Waals surface area contributed by atoms with Crippen LogP contribution in [-0.2, 0) is 16.0 Å². The van der Waals surface area contributed by atoms with Gasteiger partial charge in [-0.1, -0.05) is 0 Å². The second-order valence-electron chi connectivity index (χ2n) is 4.13. The molecule has 1 aromatic carbocycles. The first-order valence-electron chi connectivity index (χ1n) is 5.74. The van der Waals surface area contributed by atoms with Gasteiger partial charge in [-0.25, -0.2) is 4.79 Å². The number of amides is 3. The maximum atomic E-state index is 11.5. The summed E-state index contributed by atoms with van der Waals surface area (Å²) < 4.78 is 0. The van der Waals surface area contributed by atoms with Crippen LogP contribution in [0.5, 0.6) is 0 Å². The molecule has 2 rings (SSSR count). The van der Waals surface area contributed by atoms with Crippen LogP contribution in [0.2, 0.25) is 0 Å². The highest BCUT2D eigenvalue weighted by atomic mass is 16.4. The predicted molar refractivity (Wildman–Crippen MR) is 68.0 cm³/mol. The number of hydrogen-bond donors (Lipinski definition) is 4. The zero-order valence-corrected chi connectivity index (χ0v) is 10.0. The molecule has 7 heteroatoms. The third kappa shape index (κ3) is 3.44. The summed E-state index contributed by atoms with van der Waals surface area (Å²) >= 11 is 0. The maximum absolute atomic E-state index is 11.5. The van der Waals surface area contributed by atoms with E-state index in [0.29, 0.717) is 12.1 Å². The Kier molecular flexibility index (Phi) is 3.65. The summed E-state index contributed by atoms with van der Waals surface area (Å²) in [5, 5.41) is 15.8. The number of carbonyl (C=O) groups excluding carboxylic acids is 2. The molecule has 1 aliphatic heterocycles. The first kappa shape index (κ1) is 12.9. The van der Waals surface area contributed by atoms with E-state index in [2.05, 4.69) is 16.0 Å². The lowest BCUT2D eigenvalue weighted by atomic mass is 10.1.